The second kappa shape index (κ2) is 5.17. The van der Waals surface area contributed by atoms with Crippen molar-refractivity contribution in [1.29, 1.82) is 0 Å². The Balaban J connectivity index is 1.72. The third-order valence-corrected chi connectivity index (χ3v) is 3.06. The minimum absolute atomic E-state index is 0.0565. The molecule has 3 aromatic rings. The molecule has 0 saturated carbocycles. The molecule has 0 aliphatic carbocycles. The number of hydrogen-bond donors (Lipinski definition) is 1. The molecule has 3 rings (SSSR count). The molecule has 4 heteroatoms. The van der Waals surface area contributed by atoms with Crippen LogP contribution >= 0.6 is 0 Å². The summed E-state index contributed by atoms with van der Waals surface area (Å²) in [5.41, 5.74) is 3.56. The molecule has 0 atom stereocenters. The van der Waals surface area contributed by atoms with Crippen LogP contribution in [-0.2, 0) is 11.2 Å². The topological polar surface area (TPSA) is 46.4 Å². The van der Waals surface area contributed by atoms with Crippen molar-refractivity contribution in [3.63, 3.8) is 0 Å². The van der Waals surface area contributed by atoms with Crippen LogP contribution in [0.25, 0.3) is 5.65 Å². The van der Waals surface area contributed by atoms with Gasteiger partial charge in [0.05, 0.1) is 12.1 Å². The van der Waals surface area contributed by atoms with E-state index in [1.54, 1.807) is 0 Å². The molecule has 0 saturated heterocycles. The molecular weight excluding hydrogens is 250 g/mol. The van der Waals surface area contributed by atoms with Crippen molar-refractivity contribution in [2.24, 2.45) is 0 Å². The molecule has 0 radical (unpaired) electrons. The second-order valence-corrected chi connectivity index (χ2v) is 4.79. The van der Waals surface area contributed by atoms with Crippen molar-refractivity contribution in [2.45, 2.75) is 13.3 Å². The first kappa shape index (κ1) is 12.4. The van der Waals surface area contributed by atoms with Crippen LogP contribution in [0.5, 0.6) is 0 Å². The highest BCUT2D eigenvalue weighted by Crippen LogP contribution is 2.11. The van der Waals surface area contributed by atoms with Gasteiger partial charge in [0.2, 0.25) is 5.91 Å². The normalized spacial score (nSPS) is 10.7. The number of anilines is 1. The molecule has 0 aliphatic rings. The number of amides is 1. The standard InChI is InChI=1S/C16H15N3O/c1-12-5-4-6-13(9-12)18-16(20)10-14-11-19-8-3-2-7-15(19)17-14/h2-9,11H,10H2,1H3,(H,18,20). The van der Waals surface area contributed by atoms with Gasteiger partial charge in [0.15, 0.2) is 0 Å². The number of benzene rings is 1. The molecule has 1 amide bonds. The van der Waals surface area contributed by atoms with E-state index in [-0.39, 0.29) is 12.3 Å². The van der Waals surface area contributed by atoms with E-state index in [0.717, 1.165) is 22.6 Å². The summed E-state index contributed by atoms with van der Waals surface area (Å²) in [6.07, 6.45) is 4.07. The van der Waals surface area contributed by atoms with Gasteiger partial charge in [0, 0.05) is 18.1 Å². The number of rotatable bonds is 3. The van der Waals surface area contributed by atoms with Gasteiger partial charge in [0.25, 0.3) is 0 Å². The first-order valence-electron chi connectivity index (χ1n) is 6.50. The fourth-order valence-electron chi connectivity index (χ4n) is 2.16. The Bertz CT molecular complexity index is 728. The smallest absolute Gasteiger partial charge is 0.230 e. The summed E-state index contributed by atoms with van der Waals surface area (Å²) in [4.78, 5) is 16.4. The number of fused-ring (bicyclic) bond motifs is 1. The van der Waals surface area contributed by atoms with E-state index in [0.29, 0.717) is 0 Å². The average Bonchev–Trinajstić information content (AvgIpc) is 2.80. The maximum Gasteiger partial charge on any atom is 0.230 e. The van der Waals surface area contributed by atoms with Gasteiger partial charge < -0.3 is 9.72 Å². The highest BCUT2D eigenvalue weighted by Gasteiger charge is 2.07. The number of pyridine rings is 1. The lowest BCUT2D eigenvalue weighted by Crippen LogP contribution is -2.14. The molecule has 20 heavy (non-hydrogen) atoms. The zero-order valence-corrected chi connectivity index (χ0v) is 11.2. The molecule has 4 nitrogen and oxygen atoms in total. The molecule has 100 valence electrons. The Labute approximate surface area is 117 Å². The van der Waals surface area contributed by atoms with E-state index in [1.165, 1.54) is 0 Å². The van der Waals surface area contributed by atoms with Crippen LogP contribution in [0.3, 0.4) is 0 Å². The van der Waals surface area contributed by atoms with Gasteiger partial charge in [-0.15, -0.1) is 0 Å². The van der Waals surface area contributed by atoms with E-state index in [4.69, 9.17) is 0 Å². The minimum atomic E-state index is -0.0565. The summed E-state index contributed by atoms with van der Waals surface area (Å²) in [5, 5.41) is 2.89. The monoisotopic (exact) mass is 265 g/mol. The SMILES string of the molecule is Cc1cccc(NC(=O)Cc2cn3ccccc3n2)c1. The largest absolute Gasteiger partial charge is 0.326 e. The van der Waals surface area contributed by atoms with E-state index in [2.05, 4.69) is 10.3 Å². The molecule has 2 aromatic heterocycles. The maximum atomic E-state index is 12.0. The van der Waals surface area contributed by atoms with E-state index in [9.17, 15) is 4.79 Å². The Morgan fingerprint density at radius 1 is 1.25 bits per heavy atom. The van der Waals surface area contributed by atoms with Crippen molar-refractivity contribution in [3.8, 4) is 0 Å². The molecule has 1 N–H and O–H groups in total. The second-order valence-electron chi connectivity index (χ2n) is 4.79. The van der Waals surface area contributed by atoms with Crippen LogP contribution < -0.4 is 5.32 Å². The average molecular weight is 265 g/mol. The molecule has 0 spiro atoms. The highest BCUT2D eigenvalue weighted by molar-refractivity contribution is 5.92. The van der Waals surface area contributed by atoms with Crippen molar-refractivity contribution in [2.75, 3.05) is 5.32 Å². The fourth-order valence-corrected chi connectivity index (χ4v) is 2.16. The molecule has 0 aliphatic heterocycles. The summed E-state index contributed by atoms with van der Waals surface area (Å²) in [7, 11) is 0. The summed E-state index contributed by atoms with van der Waals surface area (Å²) < 4.78 is 1.91. The lowest BCUT2D eigenvalue weighted by molar-refractivity contribution is -0.115. The number of imidazole rings is 1. The zero-order valence-electron chi connectivity index (χ0n) is 11.2. The molecule has 1 aromatic carbocycles. The summed E-state index contributed by atoms with van der Waals surface area (Å²) in [6.45, 7) is 2.00. The van der Waals surface area contributed by atoms with Gasteiger partial charge in [-0.3, -0.25) is 4.79 Å². The summed E-state index contributed by atoms with van der Waals surface area (Å²) in [5.74, 6) is -0.0565. The molecule has 0 fully saturated rings. The predicted octanol–water partition coefficient (Wildman–Crippen LogP) is 2.82. The van der Waals surface area contributed by atoms with Gasteiger partial charge >= 0.3 is 0 Å². The van der Waals surface area contributed by atoms with E-state index >= 15 is 0 Å². The summed E-state index contributed by atoms with van der Waals surface area (Å²) in [6, 6.07) is 13.5. The maximum absolute atomic E-state index is 12.0. The van der Waals surface area contributed by atoms with Crippen LogP contribution in [0.2, 0.25) is 0 Å². The quantitative estimate of drug-likeness (QED) is 0.791. The van der Waals surface area contributed by atoms with E-state index in [1.807, 2.05) is 66.2 Å². The number of aromatic nitrogens is 2. The first-order chi connectivity index (χ1) is 9.70. The lowest BCUT2D eigenvalue weighted by atomic mass is 10.2. The van der Waals surface area contributed by atoms with Gasteiger partial charge in [-0.05, 0) is 36.8 Å². The van der Waals surface area contributed by atoms with Crippen LogP contribution in [-0.4, -0.2) is 15.3 Å². The molecule has 2 heterocycles. The number of carbonyl (C=O) groups is 1. The van der Waals surface area contributed by atoms with Gasteiger partial charge in [-0.25, -0.2) is 4.98 Å². The molecule has 0 unspecified atom stereocenters. The van der Waals surface area contributed by atoms with Crippen LogP contribution in [0.4, 0.5) is 5.69 Å². The number of hydrogen-bond acceptors (Lipinski definition) is 2. The fraction of sp³-hybridized carbons (Fsp3) is 0.125. The van der Waals surface area contributed by atoms with Crippen LogP contribution in [0.15, 0.2) is 54.9 Å². The highest BCUT2D eigenvalue weighted by atomic mass is 16.1. The first-order valence-corrected chi connectivity index (χ1v) is 6.50. The van der Waals surface area contributed by atoms with Gasteiger partial charge in [-0.2, -0.15) is 0 Å². The van der Waals surface area contributed by atoms with Crippen molar-refractivity contribution < 1.29 is 4.79 Å². The van der Waals surface area contributed by atoms with E-state index < -0.39 is 0 Å². The van der Waals surface area contributed by atoms with Crippen molar-refractivity contribution >= 4 is 17.2 Å². The Morgan fingerprint density at radius 2 is 2.15 bits per heavy atom. The minimum Gasteiger partial charge on any atom is -0.326 e. The predicted molar refractivity (Wildman–Crippen MR) is 78.7 cm³/mol. The van der Waals surface area contributed by atoms with Crippen molar-refractivity contribution in [3.05, 3.63) is 66.1 Å². The third-order valence-electron chi connectivity index (χ3n) is 3.06. The summed E-state index contributed by atoms with van der Waals surface area (Å²) >= 11 is 0. The third kappa shape index (κ3) is 2.69. The number of nitrogens with zero attached hydrogens (tertiary/aromatic N) is 2. The van der Waals surface area contributed by atoms with Crippen LogP contribution in [0, 0.1) is 6.92 Å². The van der Waals surface area contributed by atoms with Crippen molar-refractivity contribution in [1.82, 2.24) is 9.38 Å². The van der Waals surface area contributed by atoms with Gasteiger partial charge in [0.1, 0.15) is 5.65 Å². The zero-order chi connectivity index (χ0) is 13.9. The Morgan fingerprint density at radius 3 is 2.95 bits per heavy atom. The number of aryl methyl sites for hydroxylation is 1. The van der Waals surface area contributed by atoms with Crippen LogP contribution in [0.1, 0.15) is 11.3 Å². The molecule has 0 bridgehead atoms. The Kier molecular flexibility index (Phi) is 3.21. The lowest BCUT2D eigenvalue weighted by Gasteiger charge is -2.04. The van der Waals surface area contributed by atoms with Gasteiger partial charge in [-0.1, -0.05) is 18.2 Å². The Hall–Kier alpha value is -2.62. The molecular formula is C16H15N3O. The number of nitrogens with one attached hydrogen (secondary N) is 1. The number of carbonyl (C=O) groups excluding carboxylic acids is 1.